The molecule has 0 fully saturated rings. The second kappa shape index (κ2) is 7.84. The minimum atomic E-state index is -0.843. The van der Waals surface area contributed by atoms with Crippen molar-refractivity contribution in [3.05, 3.63) is 52.1 Å². The molecule has 0 amide bonds. The summed E-state index contributed by atoms with van der Waals surface area (Å²) in [6, 6.07) is 4.18. The van der Waals surface area contributed by atoms with Crippen LogP contribution in [0.3, 0.4) is 0 Å². The Bertz CT molecular complexity index is 707. The Hall–Kier alpha value is -2.52. The number of aromatic nitrogens is 2. The molecule has 1 aromatic carbocycles. The number of nitrogens with one attached hydrogen (secondary N) is 1. The van der Waals surface area contributed by atoms with E-state index < -0.39 is 16.8 Å². The highest BCUT2D eigenvalue weighted by molar-refractivity contribution is 5.36. The van der Waals surface area contributed by atoms with Crippen molar-refractivity contribution in [3.8, 4) is 5.75 Å². The van der Waals surface area contributed by atoms with Gasteiger partial charge in [0, 0.05) is 18.2 Å². The van der Waals surface area contributed by atoms with Crippen LogP contribution in [0.15, 0.2) is 30.6 Å². The lowest BCUT2D eigenvalue weighted by atomic mass is 10.1. The summed E-state index contributed by atoms with van der Waals surface area (Å²) >= 11 is 0. The molecule has 0 aliphatic heterocycles. The zero-order chi connectivity index (χ0) is 17.7. The van der Waals surface area contributed by atoms with Crippen LogP contribution >= 0.6 is 0 Å². The number of hydrogen-bond donors (Lipinski definition) is 2. The molecule has 0 saturated carbocycles. The Morgan fingerprint density at radius 1 is 1.54 bits per heavy atom. The van der Waals surface area contributed by atoms with Crippen LogP contribution < -0.4 is 10.1 Å². The average Bonchev–Trinajstić information content (AvgIpc) is 3.01. The maximum atomic E-state index is 14.0. The number of nitrogens with zero attached hydrogens (tertiary/aromatic N) is 3. The molecule has 8 nitrogen and oxygen atoms in total. The second-order valence-corrected chi connectivity index (χ2v) is 5.32. The third-order valence-electron chi connectivity index (χ3n) is 3.55. The van der Waals surface area contributed by atoms with Crippen LogP contribution in [-0.2, 0) is 6.54 Å². The van der Waals surface area contributed by atoms with E-state index in [0.29, 0.717) is 11.3 Å². The van der Waals surface area contributed by atoms with Gasteiger partial charge in [0.15, 0.2) is 0 Å². The summed E-state index contributed by atoms with van der Waals surface area (Å²) in [5.41, 5.74) is 0.238. The molecule has 1 heterocycles. The first-order valence-corrected chi connectivity index (χ1v) is 7.33. The number of nitro groups is 1. The van der Waals surface area contributed by atoms with Crippen LogP contribution in [0.4, 0.5) is 10.1 Å². The number of aliphatic hydroxyl groups is 1. The van der Waals surface area contributed by atoms with Crippen LogP contribution in [0.25, 0.3) is 0 Å². The van der Waals surface area contributed by atoms with Crippen LogP contribution in [0.5, 0.6) is 5.75 Å². The van der Waals surface area contributed by atoms with E-state index in [2.05, 4.69) is 10.4 Å². The van der Waals surface area contributed by atoms with Gasteiger partial charge in [-0.05, 0) is 19.1 Å². The maximum absolute atomic E-state index is 14.0. The molecule has 0 radical (unpaired) electrons. The zero-order valence-corrected chi connectivity index (χ0v) is 13.3. The third-order valence-corrected chi connectivity index (χ3v) is 3.55. The second-order valence-electron chi connectivity index (χ2n) is 5.32. The lowest BCUT2D eigenvalue weighted by molar-refractivity contribution is -0.385. The Kier molecular flexibility index (Phi) is 5.83. The molecular weight excluding hydrogens is 319 g/mol. The highest BCUT2D eigenvalue weighted by Crippen LogP contribution is 2.27. The van der Waals surface area contributed by atoms with E-state index in [1.807, 2.05) is 0 Å². The third kappa shape index (κ3) is 4.27. The molecule has 2 rings (SSSR count). The van der Waals surface area contributed by atoms with Crippen LogP contribution in [0, 0.1) is 15.9 Å². The number of rotatable bonds is 8. The van der Waals surface area contributed by atoms with Crippen LogP contribution in [0.1, 0.15) is 18.5 Å². The number of hydrogen-bond acceptors (Lipinski definition) is 6. The summed E-state index contributed by atoms with van der Waals surface area (Å²) in [7, 11) is 1.46. The summed E-state index contributed by atoms with van der Waals surface area (Å²) in [6.45, 7) is 2.00. The first-order chi connectivity index (χ1) is 11.4. The Labute approximate surface area is 138 Å². The van der Waals surface area contributed by atoms with Crippen molar-refractivity contribution in [2.75, 3.05) is 13.7 Å². The van der Waals surface area contributed by atoms with Gasteiger partial charge >= 0.3 is 5.69 Å². The molecule has 0 spiro atoms. The predicted octanol–water partition coefficient (Wildman–Crippen LogP) is 1.65. The van der Waals surface area contributed by atoms with E-state index in [1.54, 1.807) is 19.1 Å². The lowest BCUT2D eigenvalue weighted by Gasteiger charge is -2.20. The highest BCUT2D eigenvalue weighted by atomic mass is 19.1. The molecular formula is C15H19FN4O4. The zero-order valence-electron chi connectivity index (χ0n) is 13.3. The van der Waals surface area contributed by atoms with Crippen molar-refractivity contribution in [1.82, 2.24) is 15.1 Å². The van der Waals surface area contributed by atoms with Crippen molar-refractivity contribution in [3.63, 3.8) is 0 Å². The summed E-state index contributed by atoms with van der Waals surface area (Å²) in [6.07, 6.45) is 1.52. The van der Waals surface area contributed by atoms with E-state index >= 15 is 0 Å². The number of benzene rings is 1. The maximum Gasteiger partial charge on any atom is 0.306 e. The van der Waals surface area contributed by atoms with Crippen molar-refractivity contribution in [1.29, 1.82) is 0 Å². The van der Waals surface area contributed by atoms with Gasteiger partial charge in [-0.15, -0.1) is 0 Å². The van der Waals surface area contributed by atoms with Crippen molar-refractivity contribution >= 4 is 5.69 Å². The van der Waals surface area contributed by atoms with Gasteiger partial charge in [0.05, 0.1) is 24.7 Å². The van der Waals surface area contributed by atoms with Gasteiger partial charge in [-0.2, -0.15) is 5.10 Å². The van der Waals surface area contributed by atoms with E-state index in [9.17, 15) is 19.6 Å². The van der Waals surface area contributed by atoms with Gasteiger partial charge in [-0.3, -0.25) is 14.8 Å². The van der Waals surface area contributed by atoms with Gasteiger partial charge < -0.3 is 15.2 Å². The van der Waals surface area contributed by atoms with E-state index in [-0.39, 0.29) is 24.8 Å². The summed E-state index contributed by atoms with van der Waals surface area (Å²) in [5, 5.41) is 27.4. The van der Waals surface area contributed by atoms with E-state index in [4.69, 9.17) is 4.74 Å². The molecule has 0 aliphatic carbocycles. The van der Waals surface area contributed by atoms with Crippen molar-refractivity contribution < 1.29 is 19.2 Å². The number of methoxy groups -OCH3 is 1. The van der Waals surface area contributed by atoms with Crippen molar-refractivity contribution in [2.45, 2.75) is 25.6 Å². The molecule has 0 bridgehead atoms. The van der Waals surface area contributed by atoms with E-state index in [1.165, 1.54) is 24.1 Å². The molecule has 130 valence electrons. The molecule has 0 aliphatic rings. The lowest BCUT2D eigenvalue weighted by Crippen LogP contribution is -2.32. The molecule has 2 unspecified atom stereocenters. The van der Waals surface area contributed by atoms with E-state index in [0.717, 1.165) is 6.20 Å². The molecule has 1 aromatic heterocycles. The SMILES string of the molecule is COc1cccc(F)c1C(C)NCC(O)Cn1cc([N+](=O)[O-])cn1. The van der Waals surface area contributed by atoms with Crippen molar-refractivity contribution in [2.24, 2.45) is 0 Å². The van der Waals surface area contributed by atoms with Gasteiger partial charge in [0.1, 0.15) is 24.0 Å². The fourth-order valence-electron chi connectivity index (χ4n) is 2.36. The number of halogens is 1. The standard InChI is InChI=1S/C15H19FN4O4/c1-10(15-13(16)4-3-5-14(15)24-2)17-7-12(21)9-19-8-11(6-18-19)20(22)23/h3-6,8,10,12,17,21H,7,9H2,1-2H3. The van der Waals surface area contributed by atoms with Gasteiger partial charge in [-0.1, -0.05) is 6.07 Å². The molecule has 2 atom stereocenters. The Morgan fingerprint density at radius 3 is 2.92 bits per heavy atom. The minimum absolute atomic E-state index is 0.0853. The molecule has 2 aromatic rings. The topological polar surface area (TPSA) is 102 Å². The van der Waals surface area contributed by atoms with Gasteiger partial charge in [0.2, 0.25) is 0 Å². The quantitative estimate of drug-likeness (QED) is 0.560. The Balaban J connectivity index is 1.93. The smallest absolute Gasteiger partial charge is 0.306 e. The number of ether oxygens (including phenoxy) is 1. The normalized spacial score (nSPS) is 13.5. The minimum Gasteiger partial charge on any atom is -0.496 e. The highest BCUT2D eigenvalue weighted by Gasteiger charge is 2.18. The average molecular weight is 338 g/mol. The largest absolute Gasteiger partial charge is 0.496 e. The first kappa shape index (κ1) is 17.8. The fraction of sp³-hybridized carbons (Fsp3) is 0.400. The van der Waals surface area contributed by atoms with Gasteiger partial charge in [0.25, 0.3) is 0 Å². The monoisotopic (exact) mass is 338 g/mol. The molecule has 9 heteroatoms. The summed E-state index contributed by atoms with van der Waals surface area (Å²) in [4.78, 5) is 10.0. The fourth-order valence-corrected chi connectivity index (χ4v) is 2.36. The van der Waals surface area contributed by atoms with Crippen LogP contribution in [0.2, 0.25) is 0 Å². The van der Waals surface area contributed by atoms with Gasteiger partial charge in [-0.25, -0.2) is 4.39 Å². The molecule has 0 saturated heterocycles. The predicted molar refractivity (Wildman–Crippen MR) is 84.3 cm³/mol. The van der Waals surface area contributed by atoms with Crippen LogP contribution in [-0.4, -0.2) is 39.6 Å². The molecule has 24 heavy (non-hydrogen) atoms. The number of aliphatic hydroxyl groups excluding tert-OH is 1. The first-order valence-electron chi connectivity index (χ1n) is 7.33. The summed E-state index contributed by atoms with van der Waals surface area (Å²) in [5.74, 6) is 0.0266. The molecule has 2 N–H and O–H groups in total. The Morgan fingerprint density at radius 2 is 2.29 bits per heavy atom. The summed E-state index contributed by atoms with van der Waals surface area (Å²) < 4.78 is 20.4.